The fourth-order valence-electron chi connectivity index (χ4n) is 3.17. The quantitative estimate of drug-likeness (QED) is 0.752. The van der Waals surface area contributed by atoms with E-state index in [0.29, 0.717) is 16.9 Å². The van der Waals surface area contributed by atoms with Crippen molar-refractivity contribution in [2.75, 3.05) is 5.32 Å². The van der Waals surface area contributed by atoms with Gasteiger partial charge in [0.05, 0.1) is 28.5 Å². The van der Waals surface area contributed by atoms with Gasteiger partial charge in [-0.1, -0.05) is 30.3 Å². The Morgan fingerprint density at radius 1 is 1.11 bits per heavy atom. The Bertz CT molecular complexity index is 1170. The molecule has 0 fully saturated rings. The van der Waals surface area contributed by atoms with Crippen molar-refractivity contribution in [3.8, 4) is 5.69 Å². The first-order valence-corrected chi connectivity index (χ1v) is 10.1. The number of halogens is 1. The third-order valence-electron chi connectivity index (χ3n) is 4.48. The van der Waals surface area contributed by atoms with Gasteiger partial charge >= 0.3 is 0 Å². The van der Waals surface area contributed by atoms with E-state index in [0.717, 1.165) is 5.56 Å². The number of aryl methyl sites for hydroxylation is 1. The molecular formula is C19H16FN3O3S. The lowest BCUT2D eigenvalue weighted by molar-refractivity contribution is 0.102. The molecule has 1 aliphatic rings. The SMILES string of the molecule is Cc1ccccc1-n1nc2c(c1NC(=O)c1ccccc1F)CS(=O)(=O)C2. The summed E-state index contributed by atoms with van der Waals surface area (Å²) in [5, 5.41) is 7.08. The first-order chi connectivity index (χ1) is 12.9. The van der Waals surface area contributed by atoms with Crippen molar-refractivity contribution in [2.45, 2.75) is 18.4 Å². The summed E-state index contributed by atoms with van der Waals surface area (Å²) < 4.78 is 39.5. The predicted molar refractivity (Wildman–Crippen MR) is 99.0 cm³/mol. The molecule has 1 N–H and O–H groups in total. The van der Waals surface area contributed by atoms with Gasteiger partial charge in [-0.05, 0) is 30.7 Å². The molecule has 2 aromatic carbocycles. The number of sulfone groups is 1. The molecule has 2 heterocycles. The van der Waals surface area contributed by atoms with Gasteiger partial charge < -0.3 is 5.32 Å². The van der Waals surface area contributed by atoms with Gasteiger partial charge in [0.1, 0.15) is 11.6 Å². The standard InChI is InChI=1S/C19H16FN3O3S/c1-12-6-2-5-9-17(12)23-18(14-10-27(25,26)11-16(14)22-23)21-19(24)13-7-3-4-8-15(13)20/h2-9H,10-11H2,1H3,(H,21,24). The van der Waals surface area contributed by atoms with E-state index in [1.807, 2.05) is 31.2 Å². The number of hydrogen-bond donors (Lipinski definition) is 1. The van der Waals surface area contributed by atoms with Crippen molar-refractivity contribution < 1.29 is 17.6 Å². The highest BCUT2D eigenvalue weighted by Gasteiger charge is 2.33. The van der Waals surface area contributed by atoms with Crippen molar-refractivity contribution in [3.63, 3.8) is 0 Å². The summed E-state index contributed by atoms with van der Waals surface area (Å²) in [7, 11) is -3.30. The smallest absolute Gasteiger partial charge is 0.259 e. The number of nitrogens with zero attached hydrogens (tertiary/aromatic N) is 2. The van der Waals surface area contributed by atoms with Crippen molar-refractivity contribution >= 4 is 21.6 Å². The van der Waals surface area contributed by atoms with E-state index in [4.69, 9.17) is 0 Å². The number of fused-ring (bicyclic) bond motifs is 1. The molecule has 0 atom stereocenters. The molecule has 0 radical (unpaired) electrons. The Balaban J connectivity index is 1.83. The maximum absolute atomic E-state index is 14.0. The van der Waals surface area contributed by atoms with E-state index < -0.39 is 21.6 Å². The van der Waals surface area contributed by atoms with Gasteiger partial charge in [0, 0.05) is 5.56 Å². The molecule has 6 nitrogen and oxygen atoms in total. The van der Waals surface area contributed by atoms with Crippen LogP contribution in [0.3, 0.4) is 0 Å². The lowest BCUT2D eigenvalue weighted by Crippen LogP contribution is -2.18. The molecule has 1 amide bonds. The minimum absolute atomic E-state index is 0.121. The van der Waals surface area contributed by atoms with Crippen LogP contribution in [0.15, 0.2) is 48.5 Å². The van der Waals surface area contributed by atoms with Crippen molar-refractivity contribution in [2.24, 2.45) is 0 Å². The zero-order valence-electron chi connectivity index (χ0n) is 14.4. The number of aromatic nitrogens is 2. The number of nitrogens with one attached hydrogen (secondary N) is 1. The van der Waals surface area contributed by atoms with Gasteiger partial charge in [-0.3, -0.25) is 4.79 Å². The summed E-state index contributed by atoms with van der Waals surface area (Å²) >= 11 is 0. The number of anilines is 1. The third-order valence-corrected chi connectivity index (χ3v) is 5.92. The molecule has 1 aliphatic heterocycles. The number of carbonyl (C=O) groups is 1. The second-order valence-corrected chi connectivity index (χ2v) is 8.50. The molecule has 0 spiro atoms. The summed E-state index contributed by atoms with van der Waals surface area (Å²) in [6.45, 7) is 1.89. The van der Waals surface area contributed by atoms with Crippen LogP contribution in [-0.2, 0) is 21.3 Å². The Morgan fingerprint density at radius 3 is 2.56 bits per heavy atom. The summed E-state index contributed by atoms with van der Waals surface area (Å²) in [5.41, 5.74) is 2.35. The molecule has 0 saturated carbocycles. The first-order valence-electron chi connectivity index (χ1n) is 8.29. The highest BCUT2D eigenvalue weighted by atomic mass is 32.2. The van der Waals surface area contributed by atoms with Gasteiger partial charge in [-0.15, -0.1) is 0 Å². The Labute approximate surface area is 155 Å². The highest BCUT2D eigenvalue weighted by molar-refractivity contribution is 7.90. The zero-order chi connectivity index (χ0) is 19.2. The normalized spacial score (nSPS) is 14.7. The van der Waals surface area contributed by atoms with Crippen molar-refractivity contribution in [1.82, 2.24) is 9.78 Å². The highest BCUT2D eigenvalue weighted by Crippen LogP contribution is 2.33. The summed E-state index contributed by atoms with van der Waals surface area (Å²) in [5.74, 6) is -1.44. The summed E-state index contributed by atoms with van der Waals surface area (Å²) in [6.07, 6.45) is 0. The Morgan fingerprint density at radius 2 is 1.81 bits per heavy atom. The van der Waals surface area contributed by atoms with Crippen LogP contribution in [0.4, 0.5) is 10.2 Å². The van der Waals surface area contributed by atoms with Crippen LogP contribution < -0.4 is 5.32 Å². The van der Waals surface area contributed by atoms with E-state index in [1.54, 1.807) is 6.07 Å². The fourth-order valence-corrected chi connectivity index (χ4v) is 4.66. The van der Waals surface area contributed by atoms with E-state index in [9.17, 15) is 17.6 Å². The third kappa shape index (κ3) is 3.12. The van der Waals surface area contributed by atoms with Gasteiger partial charge in [0.2, 0.25) is 0 Å². The number of rotatable bonds is 3. The van der Waals surface area contributed by atoms with Crippen LogP contribution in [-0.4, -0.2) is 24.1 Å². The Kier molecular flexibility index (Phi) is 4.07. The maximum atomic E-state index is 14.0. The molecule has 8 heteroatoms. The second kappa shape index (κ2) is 6.31. The van der Waals surface area contributed by atoms with E-state index in [-0.39, 0.29) is 22.9 Å². The topological polar surface area (TPSA) is 81.1 Å². The monoisotopic (exact) mass is 385 g/mol. The lowest BCUT2D eigenvalue weighted by Gasteiger charge is -2.13. The van der Waals surface area contributed by atoms with Crippen LogP contribution in [0.2, 0.25) is 0 Å². The van der Waals surface area contributed by atoms with Crippen LogP contribution in [0.5, 0.6) is 0 Å². The lowest BCUT2D eigenvalue weighted by atomic mass is 10.2. The van der Waals surface area contributed by atoms with Crippen LogP contribution >= 0.6 is 0 Å². The molecule has 4 rings (SSSR count). The largest absolute Gasteiger partial charge is 0.306 e. The summed E-state index contributed by atoms with van der Waals surface area (Å²) in [4.78, 5) is 12.6. The molecular weight excluding hydrogens is 369 g/mol. The van der Waals surface area contributed by atoms with Crippen molar-refractivity contribution in [3.05, 3.63) is 76.7 Å². The number of amides is 1. The van der Waals surface area contributed by atoms with Crippen LogP contribution in [0, 0.1) is 12.7 Å². The van der Waals surface area contributed by atoms with Gasteiger partial charge in [0.25, 0.3) is 5.91 Å². The Hall–Kier alpha value is -3.00. The molecule has 27 heavy (non-hydrogen) atoms. The number of hydrogen-bond acceptors (Lipinski definition) is 4. The van der Waals surface area contributed by atoms with Gasteiger partial charge in [-0.25, -0.2) is 17.5 Å². The molecule has 1 aromatic heterocycles. The fraction of sp³-hybridized carbons (Fsp3) is 0.158. The molecule has 0 bridgehead atoms. The number of para-hydroxylation sites is 1. The average molecular weight is 385 g/mol. The predicted octanol–water partition coefficient (Wildman–Crippen LogP) is 3.00. The average Bonchev–Trinajstić information content (AvgIpc) is 3.08. The minimum atomic E-state index is -3.30. The number of carbonyl (C=O) groups excluding carboxylic acids is 1. The second-order valence-electron chi connectivity index (χ2n) is 6.44. The molecule has 138 valence electrons. The minimum Gasteiger partial charge on any atom is -0.306 e. The van der Waals surface area contributed by atoms with E-state index in [1.165, 1.54) is 22.9 Å². The molecule has 3 aromatic rings. The maximum Gasteiger partial charge on any atom is 0.259 e. The molecule has 0 saturated heterocycles. The first kappa shape index (κ1) is 17.4. The van der Waals surface area contributed by atoms with E-state index in [2.05, 4.69) is 10.4 Å². The zero-order valence-corrected chi connectivity index (χ0v) is 15.3. The molecule has 0 unspecified atom stereocenters. The number of benzene rings is 2. The van der Waals surface area contributed by atoms with Crippen molar-refractivity contribution in [1.29, 1.82) is 0 Å². The van der Waals surface area contributed by atoms with E-state index >= 15 is 0 Å². The van der Waals surface area contributed by atoms with Gasteiger partial charge in [-0.2, -0.15) is 5.10 Å². The van der Waals surface area contributed by atoms with Gasteiger partial charge in [0.15, 0.2) is 9.84 Å². The summed E-state index contributed by atoms with van der Waals surface area (Å²) in [6, 6.07) is 13.0. The van der Waals surface area contributed by atoms with Crippen LogP contribution in [0.1, 0.15) is 27.2 Å². The molecule has 0 aliphatic carbocycles. The van der Waals surface area contributed by atoms with Crippen LogP contribution in [0.25, 0.3) is 5.69 Å².